The summed E-state index contributed by atoms with van der Waals surface area (Å²) in [5.74, 6) is 0.389. The van der Waals surface area contributed by atoms with E-state index < -0.39 is 11.9 Å². The normalized spacial score (nSPS) is 10.1. The van der Waals surface area contributed by atoms with Gasteiger partial charge in [0, 0.05) is 5.69 Å². The molecule has 7 nitrogen and oxygen atoms in total. The Bertz CT molecular complexity index is 791. The quantitative estimate of drug-likeness (QED) is 0.666. The van der Waals surface area contributed by atoms with Crippen LogP contribution in [0.4, 0.5) is 5.69 Å². The predicted molar refractivity (Wildman–Crippen MR) is 105 cm³/mol. The molecule has 0 saturated heterocycles. The first-order chi connectivity index (χ1) is 13.5. The summed E-state index contributed by atoms with van der Waals surface area (Å²) in [4.78, 5) is 24.1. The molecular weight excluding hydrogens is 362 g/mol. The highest BCUT2D eigenvalue weighted by molar-refractivity contribution is 5.92. The fourth-order valence-corrected chi connectivity index (χ4v) is 2.62. The van der Waals surface area contributed by atoms with Crippen LogP contribution < -0.4 is 19.5 Å². The lowest BCUT2D eigenvalue weighted by Gasteiger charge is -2.14. The minimum Gasteiger partial charge on any atom is -0.493 e. The van der Waals surface area contributed by atoms with Crippen molar-refractivity contribution in [1.29, 1.82) is 0 Å². The van der Waals surface area contributed by atoms with E-state index in [0.717, 1.165) is 6.42 Å². The van der Waals surface area contributed by atoms with Crippen molar-refractivity contribution in [2.75, 3.05) is 33.3 Å². The average Bonchev–Trinajstić information content (AvgIpc) is 2.72. The molecule has 2 aromatic carbocycles. The molecule has 2 rings (SSSR count). The first kappa shape index (κ1) is 21.1. The number of carbonyl (C=O) groups excluding carboxylic acids is 2. The van der Waals surface area contributed by atoms with Gasteiger partial charge in [-0.2, -0.15) is 0 Å². The van der Waals surface area contributed by atoms with Crippen LogP contribution in [0.2, 0.25) is 0 Å². The molecule has 0 aliphatic rings. The number of methoxy groups -OCH3 is 3. The highest BCUT2D eigenvalue weighted by Gasteiger charge is 2.16. The maximum absolute atomic E-state index is 12.1. The van der Waals surface area contributed by atoms with Gasteiger partial charge in [-0.3, -0.25) is 9.59 Å². The van der Waals surface area contributed by atoms with Crippen molar-refractivity contribution in [3.63, 3.8) is 0 Å². The third-order valence-electron chi connectivity index (χ3n) is 4.08. The Morgan fingerprint density at radius 3 is 2.00 bits per heavy atom. The van der Waals surface area contributed by atoms with Crippen LogP contribution in [0.3, 0.4) is 0 Å². The van der Waals surface area contributed by atoms with Gasteiger partial charge in [0.05, 0.1) is 27.8 Å². The van der Waals surface area contributed by atoms with Crippen LogP contribution in [-0.4, -0.2) is 39.8 Å². The number of hydrogen-bond acceptors (Lipinski definition) is 6. The molecule has 0 aromatic heterocycles. The molecule has 28 heavy (non-hydrogen) atoms. The van der Waals surface area contributed by atoms with Gasteiger partial charge >= 0.3 is 5.97 Å². The summed E-state index contributed by atoms with van der Waals surface area (Å²) in [5, 5.41) is 2.69. The molecule has 7 heteroatoms. The van der Waals surface area contributed by atoms with Gasteiger partial charge in [0.15, 0.2) is 18.1 Å². The van der Waals surface area contributed by atoms with Crippen LogP contribution in [-0.2, 0) is 27.2 Å². The highest BCUT2D eigenvalue weighted by atomic mass is 16.5. The van der Waals surface area contributed by atoms with Gasteiger partial charge in [0.2, 0.25) is 5.75 Å². The zero-order valence-corrected chi connectivity index (χ0v) is 16.5. The number of aryl methyl sites for hydroxylation is 1. The van der Waals surface area contributed by atoms with E-state index in [0.29, 0.717) is 28.5 Å². The first-order valence-electron chi connectivity index (χ1n) is 8.84. The van der Waals surface area contributed by atoms with E-state index in [9.17, 15) is 9.59 Å². The maximum Gasteiger partial charge on any atom is 0.310 e. The van der Waals surface area contributed by atoms with Crippen LogP contribution in [0, 0.1) is 0 Å². The molecule has 0 fully saturated rings. The Hall–Kier alpha value is -3.22. The van der Waals surface area contributed by atoms with Gasteiger partial charge in [-0.1, -0.05) is 19.1 Å². The zero-order chi connectivity index (χ0) is 20.5. The number of benzene rings is 2. The van der Waals surface area contributed by atoms with E-state index in [1.807, 2.05) is 24.3 Å². The van der Waals surface area contributed by atoms with Crippen LogP contribution in [0.25, 0.3) is 0 Å². The SMILES string of the molecule is CCc1ccc(NC(=O)COC(=O)Cc2cc(OC)c(OC)c(OC)c2)cc1. The fourth-order valence-electron chi connectivity index (χ4n) is 2.62. The van der Waals surface area contributed by atoms with E-state index >= 15 is 0 Å². The predicted octanol–water partition coefficient (Wildman–Crippen LogP) is 3.00. The van der Waals surface area contributed by atoms with Gasteiger partial charge in [0.25, 0.3) is 5.91 Å². The molecule has 150 valence electrons. The van der Waals surface area contributed by atoms with Gasteiger partial charge in [-0.15, -0.1) is 0 Å². The van der Waals surface area contributed by atoms with Gasteiger partial charge in [-0.25, -0.2) is 0 Å². The number of carbonyl (C=O) groups is 2. The van der Waals surface area contributed by atoms with Crippen molar-refractivity contribution in [1.82, 2.24) is 0 Å². The van der Waals surface area contributed by atoms with Gasteiger partial charge in [0.1, 0.15) is 0 Å². The van der Waals surface area contributed by atoms with Crippen molar-refractivity contribution in [2.24, 2.45) is 0 Å². The first-order valence-corrected chi connectivity index (χ1v) is 8.84. The summed E-state index contributed by atoms with van der Waals surface area (Å²) in [6.45, 7) is 1.69. The number of amides is 1. The van der Waals surface area contributed by atoms with Crippen molar-refractivity contribution in [2.45, 2.75) is 19.8 Å². The lowest BCUT2D eigenvalue weighted by molar-refractivity contribution is -0.146. The second-order valence-corrected chi connectivity index (χ2v) is 5.97. The van der Waals surface area contributed by atoms with Crippen LogP contribution in [0.5, 0.6) is 17.2 Å². The standard InChI is InChI=1S/C21H25NO6/c1-5-14-6-8-16(9-7-14)22-19(23)13-28-20(24)12-15-10-17(25-2)21(27-4)18(11-15)26-3/h6-11H,5,12-13H2,1-4H3,(H,22,23). The summed E-state index contributed by atoms with van der Waals surface area (Å²) in [5.41, 5.74) is 2.45. The molecule has 0 unspecified atom stereocenters. The number of ether oxygens (including phenoxy) is 4. The molecule has 0 spiro atoms. The zero-order valence-electron chi connectivity index (χ0n) is 16.5. The summed E-state index contributed by atoms with van der Waals surface area (Å²) in [7, 11) is 4.50. The van der Waals surface area contributed by atoms with Crippen molar-refractivity contribution in [3.8, 4) is 17.2 Å². The molecule has 0 saturated carbocycles. The highest BCUT2D eigenvalue weighted by Crippen LogP contribution is 2.38. The topological polar surface area (TPSA) is 83.1 Å². The molecule has 1 N–H and O–H groups in total. The maximum atomic E-state index is 12.1. The third-order valence-corrected chi connectivity index (χ3v) is 4.08. The summed E-state index contributed by atoms with van der Waals surface area (Å²) in [6, 6.07) is 10.8. The van der Waals surface area contributed by atoms with E-state index in [2.05, 4.69) is 12.2 Å². The number of nitrogens with one attached hydrogen (secondary N) is 1. The second kappa shape index (κ2) is 10.2. The van der Waals surface area contributed by atoms with Crippen LogP contribution >= 0.6 is 0 Å². The Labute approximate surface area is 164 Å². The number of hydrogen-bond donors (Lipinski definition) is 1. The average molecular weight is 387 g/mol. The minimum absolute atomic E-state index is 0.0325. The van der Waals surface area contributed by atoms with Crippen molar-refractivity contribution < 1.29 is 28.5 Å². The molecule has 0 aliphatic carbocycles. The minimum atomic E-state index is -0.536. The Morgan fingerprint density at radius 2 is 1.50 bits per heavy atom. The third kappa shape index (κ3) is 5.64. The van der Waals surface area contributed by atoms with Crippen LogP contribution in [0.1, 0.15) is 18.1 Å². The largest absolute Gasteiger partial charge is 0.493 e. The second-order valence-electron chi connectivity index (χ2n) is 5.97. The van der Waals surface area contributed by atoms with E-state index in [4.69, 9.17) is 18.9 Å². The van der Waals surface area contributed by atoms with Crippen molar-refractivity contribution in [3.05, 3.63) is 47.5 Å². The lowest BCUT2D eigenvalue weighted by atomic mass is 10.1. The molecule has 0 heterocycles. The number of esters is 1. The van der Waals surface area contributed by atoms with E-state index in [-0.39, 0.29) is 13.0 Å². The van der Waals surface area contributed by atoms with E-state index in [1.165, 1.54) is 26.9 Å². The summed E-state index contributed by atoms with van der Waals surface area (Å²) >= 11 is 0. The Balaban J connectivity index is 1.91. The van der Waals surface area contributed by atoms with Crippen LogP contribution in [0.15, 0.2) is 36.4 Å². The monoisotopic (exact) mass is 387 g/mol. The number of anilines is 1. The van der Waals surface area contributed by atoms with Crippen molar-refractivity contribution >= 4 is 17.6 Å². The molecule has 0 atom stereocenters. The Kier molecular flexibility index (Phi) is 7.68. The fraction of sp³-hybridized carbons (Fsp3) is 0.333. The molecule has 0 aliphatic heterocycles. The van der Waals surface area contributed by atoms with Gasteiger partial charge in [-0.05, 0) is 41.8 Å². The van der Waals surface area contributed by atoms with Gasteiger partial charge < -0.3 is 24.3 Å². The Morgan fingerprint density at radius 1 is 0.893 bits per heavy atom. The molecular formula is C21H25NO6. The molecule has 0 bridgehead atoms. The summed E-state index contributed by atoms with van der Waals surface area (Å²) < 4.78 is 20.8. The van der Waals surface area contributed by atoms with E-state index in [1.54, 1.807) is 12.1 Å². The number of rotatable bonds is 9. The molecule has 1 amide bonds. The lowest BCUT2D eigenvalue weighted by Crippen LogP contribution is -2.21. The molecule has 0 radical (unpaired) electrons. The smallest absolute Gasteiger partial charge is 0.310 e. The molecule has 2 aromatic rings. The summed E-state index contributed by atoms with van der Waals surface area (Å²) in [6.07, 6.45) is 0.891.